The number of methoxy groups -OCH3 is 1. The Morgan fingerprint density at radius 2 is 2.21 bits per heavy atom. The highest BCUT2D eigenvalue weighted by molar-refractivity contribution is 7.09. The highest BCUT2D eigenvalue weighted by Crippen LogP contribution is 2.35. The first-order valence-electron chi connectivity index (χ1n) is 7.65. The molecule has 24 heavy (non-hydrogen) atoms. The van der Waals surface area contributed by atoms with Crippen molar-refractivity contribution in [1.29, 1.82) is 0 Å². The van der Waals surface area contributed by atoms with Crippen molar-refractivity contribution in [2.45, 2.75) is 25.8 Å². The molecular formula is C17H18N2O4S. The first-order chi connectivity index (χ1) is 11.5. The van der Waals surface area contributed by atoms with Gasteiger partial charge >= 0.3 is 5.97 Å². The van der Waals surface area contributed by atoms with Gasteiger partial charge in [-0.05, 0) is 37.5 Å². The van der Waals surface area contributed by atoms with Crippen molar-refractivity contribution in [2.75, 3.05) is 13.7 Å². The van der Waals surface area contributed by atoms with E-state index in [0.717, 1.165) is 18.4 Å². The lowest BCUT2D eigenvalue weighted by Gasteiger charge is -2.23. The second kappa shape index (κ2) is 6.60. The number of rotatable bonds is 4. The summed E-state index contributed by atoms with van der Waals surface area (Å²) in [5.41, 5.74) is 1.57. The van der Waals surface area contributed by atoms with Gasteiger partial charge in [0.15, 0.2) is 5.69 Å². The van der Waals surface area contributed by atoms with Crippen molar-refractivity contribution in [3.05, 3.63) is 45.4 Å². The first kappa shape index (κ1) is 16.4. The van der Waals surface area contributed by atoms with Gasteiger partial charge in [-0.25, -0.2) is 9.78 Å². The molecule has 0 saturated carbocycles. The fraction of sp³-hybridized carbons (Fsp3) is 0.353. The number of aromatic carboxylic acids is 1. The number of likely N-dealkylation sites (tertiary alicyclic amines) is 1. The molecule has 0 spiro atoms. The number of aryl methyl sites for hydroxylation is 1. The number of benzene rings is 1. The summed E-state index contributed by atoms with van der Waals surface area (Å²) in [6.07, 6.45) is 1.67. The number of ether oxygens (including phenoxy) is 1. The maximum absolute atomic E-state index is 12.9. The second-order valence-electron chi connectivity index (χ2n) is 5.72. The van der Waals surface area contributed by atoms with E-state index in [-0.39, 0.29) is 17.6 Å². The molecule has 3 rings (SSSR count). The molecule has 1 unspecified atom stereocenters. The number of carboxylic acid groups (broad SMARTS) is 1. The number of carbonyl (C=O) groups excluding carboxylic acids is 1. The monoisotopic (exact) mass is 346 g/mol. The number of aromatic nitrogens is 1. The van der Waals surface area contributed by atoms with E-state index in [1.165, 1.54) is 16.7 Å². The van der Waals surface area contributed by atoms with E-state index < -0.39 is 5.97 Å². The van der Waals surface area contributed by atoms with Crippen LogP contribution in [0.5, 0.6) is 5.75 Å². The highest BCUT2D eigenvalue weighted by atomic mass is 32.1. The van der Waals surface area contributed by atoms with Gasteiger partial charge in [0, 0.05) is 17.5 Å². The van der Waals surface area contributed by atoms with Crippen molar-refractivity contribution in [1.82, 2.24) is 9.88 Å². The van der Waals surface area contributed by atoms with Crippen molar-refractivity contribution in [3.63, 3.8) is 0 Å². The van der Waals surface area contributed by atoms with Gasteiger partial charge in [0.1, 0.15) is 10.8 Å². The van der Waals surface area contributed by atoms with Crippen LogP contribution in [0.3, 0.4) is 0 Å². The van der Waals surface area contributed by atoms with Gasteiger partial charge in [-0.2, -0.15) is 0 Å². The lowest BCUT2D eigenvalue weighted by Crippen LogP contribution is -2.30. The fourth-order valence-electron chi connectivity index (χ4n) is 2.92. The topological polar surface area (TPSA) is 79.7 Å². The van der Waals surface area contributed by atoms with Gasteiger partial charge in [0.05, 0.1) is 13.2 Å². The van der Waals surface area contributed by atoms with Crippen LogP contribution in [0.15, 0.2) is 23.6 Å². The summed E-state index contributed by atoms with van der Waals surface area (Å²) in [4.78, 5) is 29.8. The number of carboxylic acids is 1. The van der Waals surface area contributed by atoms with Gasteiger partial charge in [0.25, 0.3) is 5.91 Å². The Morgan fingerprint density at radius 1 is 1.42 bits per heavy atom. The third-order valence-electron chi connectivity index (χ3n) is 4.19. The molecule has 7 heteroatoms. The average molecular weight is 346 g/mol. The van der Waals surface area contributed by atoms with Gasteiger partial charge in [-0.3, -0.25) is 4.79 Å². The summed E-state index contributed by atoms with van der Waals surface area (Å²) < 4.78 is 5.29. The molecule has 1 amide bonds. The quantitative estimate of drug-likeness (QED) is 0.920. The van der Waals surface area contributed by atoms with Crippen LogP contribution in [-0.2, 0) is 0 Å². The average Bonchev–Trinajstić information content (AvgIpc) is 3.23. The summed E-state index contributed by atoms with van der Waals surface area (Å²) >= 11 is 1.29. The van der Waals surface area contributed by atoms with E-state index in [9.17, 15) is 9.59 Å². The molecule has 1 atom stereocenters. The van der Waals surface area contributed by atoms with Crippen LogP contribution in [0, 0.1) is 6.92 Å². The molecule has 6 nitrogen and oxygen atoms in total. The Balaban J connectivity index is 1.86. The van der Waals surface area contributed by atoms with Crippen molar-refractivity contribution >= 4 is 23.2 Å². The smallest absolute Gasteiger partial charge is 0.355 e. The molecule has 1 aliphatic heterocycles. The fourth-order valence-corrected chi connectivity index (χ4v) is 3.86. The predicted molar refractivity (Wildman–Crippen MR) is 89.8 cm³/mol. The Bertz CT molecular complexity index is 787. The second-order valence-corrected chi connectivity index (χ2v) is 6.61. The van der Waals surface area contributed by atoms with Crippen LogP contribution in [-0.4, -0.2) is 40.5 Å². The Labute approximate surface area is 143 Å². The standard InChI is InChI=1S/C17H18N2O4S/c1-10-5-6-11(8-14(10)23-2)16(20)19-7-3-4-13(19)15-18-12(9-24-15)17(21)22/h5-6,8-9,13H,3-4,7H2,1-2H3,(H,21,22). The third-order valence-corrected chi connectivity index (χ3v) is 5.14. The van der Waals surface area contributed by atoms with Gasteiger partial charge in [-0.1, -0.05) is 6.07 Å². The predicted octanol–water partition coefficient (Wildman–Crippen LogP) is 3.14. The highest BCUT2D eigenvalue weighted by Gasteiger charge is 2.33. The molecule has 1 aromatic heterocycles. The van der Waals surface area contributed by atoms with E-state index in [0.29, 0.717) is 22.9 Å². The number of nitrogens with zero attached hydrogens (tertiary/aromatic N) is 2. The Hall–Kier alpha value is -2.41. The van der Waals surface area contributed by atoms with Crippen molar-refractivity contribution in [2.24, 2.45) is 0 Å². The summed E-state index contributed by atoms with van der Waals surface area (Å²) in [5.74, 6) is -0.446. The van der Waals surface area contributed by atoms with Crippen LogP contribution < -0.4 is 4.74 Å². The molecule has 1 fully saturated rings. The minimum absolute atomic E-state index is 0.0336. The molecule has 0 bridgehead atoms. The maximum atomic E-state index is 12.9. The summed E-state index contributed by atoms with van der Waals surface area (Å²) in [7, 11) is 1.58. The largest absolute Gasteiger partial charge is 0.496 e. The summed E-state index contributed by atoms with van der Waals surface area (Å²) in [6.45, 7) is 2.57. The molecule has 1 aliphatic rings. The van der Waals surface area contributed by atoms with E-state index in [1.807, 2.05) is 13.0 Å². The number of amides is 1. The van der Waals surface area contributed by atoms with Crippen molar-refractivity contribution < 1.29 is 19.4 Å². The van der Waals surface area contributed by atoms with E-state index in [4.69, 9.17) is 9.84 Å². The molecular weight excluding hydrogens is 328 g/mol. The summed E-state index contributed by atoms with van der Waals surface area (Å²) in [6, 6.07) is 5.24. The lowest BCUT2D eigenvalue weighted by atomic mass is 10.1. The molecule has 1 aromatic carbocycles. The Morgan fingerprint density at radius 3 is 2.88 bits per heavy atom. The van der Waals surface area contributed by atoms with Crippen LogP contribution in [0.4, 0.5) is 0 Å². The van der Waals surface area contributed by atoms with Gasteiger partial charge in [0.2, 0.25) is 0 Å². The normalized spacial score (nSPS) is 17.1. The maximum Gasteiger partial charge on any atom is 0.355 e. The summed E-state index contributed by atoms with van der Waals surface area (Å²) in [5, 5.41) is 11.2. The van der Waals surface area contributed by atoms with Gasteiger partial charge in [-0.15, -0.1) is 11.3 Å². The number of hydrogen-bond donors (Lipinski definition) is 1. The zero-order valence-electron chi connectivity index (χ0n) is 13.5. The minimum Gasteiger partial charge on any atom is -0.496 e. The Kier molecular flexibility index (Phi) is 4.53. The molecule has 126 valence electrons. The molecule has 1 saturated heterocycles. The molecule has 1 N–H and O–H groups in total. The third kappa shape index (κ3) is 2.99. The van der Waals surface area contributed by atoms with Crippen LogP contribution in [0.1, 0.15) is 50.3 Å². The van der Waals surface area contributed by atoms with Crippen LogP contribution in [0.25, 0.3) is 0 Å². The van der Waals surface area contributed by atoms with E-state index in [2.05, 4.69) is 4.98 Å². The van der Waals surface area contributed by atoms with Crippen LogP contribution >= 0.6 is 11.3 Å². The molecule has 2 heterocycles. The SMILES string of the molecule is COc1cc(C(=O)N2CCCC2c2nc(C(=O)O)cs2)ccc1C. The van der Waals surface area contributed by atoms with Crippen LogP contribution in [0.2, 0.25) is 0 Å². The van der Waals surface area contributed by atoms with E-state index in [1.54, 1.807) is 24.1 Å². The molecule has 0 aliphatic carbocycles. The number of thiazole rings is 1. The number of carbonyl (C=O) groups is 2. The zero-order chi connectivity index (χ0) is 17.3. The first-order valence-corrected chi connectivity index (χ1v) is 8.53. The number of hydrogen-bond acceptors (Lipinski definition) is 5. The van der Waals surface area contributed by atoms with Crippen molar-refractivity contribution in [3.8, 4) is 5.75 Å². The molecule has 2 aromatic rings. The zero-order valence-corrected chi connectivity index (χ0v) is 14.3. The lowest BCUT2D eigenvalue weighted by molar-refractivity contribution is 0.0691. The minimum atomic E-state index is -1.04. The molecule has 0 radical (unpaired) electrons. The van der Waals surface area contributed by atoms with E-state index >= 15 is 0 Å². The van der Waals surface area contributed by atoms with Gasteiger partial charge < -0.3 is 14.7 Å².